The number of hydrogen-bond donors (Lipinski definition) is 1. The maximum absolute atomic E-state index is 7.26. The molecule has 0 saturated carbocycles. The zero-order valence-corrected chi connectivity index (χ0v) is 8.15. The molecule has 1 heterocycles. The first-order valence-electron chi connectivity index (χ1n) is 4.17. The highest BCUT2D eigenvalue weighted by Crippen LogP contribution is 2.22. The summed E-state index contributed by atoms with van der Waals surface area (Å²) in [6.07, 6.45) is 3.54. The summed E-state index contributed by atoms with van der Waals surface area (Å²) in [6.45, 7) is 0.873. The van der Waals surface area contributed by atoms with E-state index in [-0.39, 0.29) is 5.44 Å². The predicted octanol–water partition coefficient (Wildman–Crippen LogP) is 1.87. The van der Waals surface area contributed by atoms with E-state index in [4.69, 9.17) is 14.9 Å². The second kappa shape index (κ2) is 5.43. The molecule has 1 aliphatic rings. The lowest BCUT2D eigenvalue weighted by Gasteiger charge is -2.21. The Balaban J connectivity index is 2.09. The summed E-state index contributed by atoms with van der Waals surface area (Å²) in [5.74, 6) is 0.954. The molecule has 0 spiro atoms. The Morgan fingerprint density at radius 2 is 2.50 bits per heavy atom. The molecule has 0 aromatic carbocycles. The lowest BCUT2D eigenvalue weighted by atomic mass is 10.2. The standard InChI is InChI=1S/C8H15NO2S/c1-10-7(9)6-12-8-4-2-3-5-11-8/h8-9H,2-6H2,1H3. The monoisotopic (exact) mass is 189 g/mol. The molecule has 0 bridgehead atoms. The molecule has 1 fully saturated rings. The van der Waals surface area contributed by atoms with Crippen molar-refractivity contribution >= 4 is 17.7 Å². The summed E-state index contributed by atoms with van der Waals surface area (Å²) in [6, 6.07) is 0. The maximum atomic E-state index is 7.26. The molecule has 4 heteroatoms. The Kier molecular flexibility index (Phi) is 4.46. The largest absolute Gasteiger partial charge is 0.484 e. The molecule has 70 valence electrons. The van der Waals surface area contributed by atoms with E-state index < -0.39 is 0 Å². The van der Waals surface area contributed by atoms with Gasteiger partial charge in [-0.1, -0.05) is 0 Å². The Bertz CT molecular complexity index is 146. The Labute approximate surface area is 77.3 Å². The van der Waals surface area contributed by atoms with E-state index in [0.29, 0.717) is 11.7 Å². The van der Waals surface area contributed by atoms with Gasteiger partial charge in [-0.15, -0.1) is 11.8 Å². The summed E-state index contributed by atoms with van der Waals surface area (Å²) in [5, 5.41) is 7.26. The van der Waals surface area contributed by atoms with Gasteiger partial charge in [-0.2, -0.15) is 0 Å². The summed E-state index contributed by atoms with van der Waals surface area (Å²) >= 11 is 1.66. The highest BCUT2D eigenvalue weighted by atomic mass is 32.2. The van der Waals surface area contributed by atoms with Crippen LogP contribution in [0.3, 0.4) is 0 Å². The minimum absolute atomic E-state index is 0.286. The van der Waals surface area contributed by atoms with Crippen LogP contribution in [-0.4, -0.2) is 30.8 Å². The van der Waals surface area contributed by atoms with Crippen molar-refractivity contribution in [1.29, 1.82) is 5.41 Å². The molecule has 0 radical (unpaired) electrons. The van der Waals surface area contributed by atoms with Gasteiger partial charge in [0.15, 0.2) is 5.90 Å². The van der Waals surface area contributed by atoms with Gasteiger partial charge >= 0.3 is 0 Å². The van der Waals surface area contributed by atoms with Gasteiger partial charge in [-0.3, -0.25) is 5.41 Å². The van der Waals surface area contributed by atoms with Crippen molar-refractivity contribution in [2.45, 2.75) is 24.7 Å². The number of rotatable bonds is 3. The van der Waals surface area contributed by atoms with E-state index in [1.807, 2.05) is 0 Å². The first-order chi connectivity index (χ1) is 5.83. The van der Waals surface area contributed by atoms with Gasteiger partial charge in [0.05, 0.1) is 12.9 Å². The fourth-order valence-electron chi connectivity index (χ4n) is 1.07. The van der Waals surface area contributed by atoms with Gasteiger partial charge in [0.1, 0.15) is 5.44 Å². The van der Waals surface area contributed by atoms with E-state index in [9.17, 15) is 0 Å². The molecule has 1 unspecified atom stereocenters. The van der Waals surface area contributed by atoms with Crippen molar-refractivity contribution in [1.82, 2.24) is 0 Å². The second-order valence-electron chi connectivity index (χ2n) is 2.73. The number of methoxy groups -OCH3 is 1. The number of nitrogens with one attached hydrogen (secondary N) is 1. The molecule has 0 aromatic heterocycles. The molecule has 1 rings (SSSR count). The lowest BCUT2D eigenvalue weighted by Crippen LogP contribution is -2.17. The van der Waals surface area contributed by atoms with Crippen LogP contribution in [0, 0.1) is 5.41 Å². The first kappa shape index (κ1) is 9.86. The van der Waals surface area contributed by atoms with E-state index in [1.165, 1.54) is 20.0 Å². The van der Waals surface area contributed by atoms with Crippen LogP contribution in [0.25, 0.3) is 0 Å². The molecule has 0 aliphatic carbocycles. The average Bonchev–Trinajstić information content (AvgIpc) is 2.16. The van der Waals surface area contributed by atoms with Gasteiger partial charge in [0.25, 0.3) is 0 Å². The van der Waals surface area contributed by atoms with Crippen LogP contribution in [-0.2, 0) is 9.47 Å². The van der Waals surface area contributed by atoms with E-state index >= 15 is 0 Å². The normalized spacial score (nSPS) is 23.6. The van der Waals surface area contributed by atoms with Crippen LogP contribution in [0.4, 0.5) is 0 Å². The van der Waals surface area contributed by atoms with Crippen LogP contribution in [0.1, 0.15) is 19.3 Å². The zero-order chi connectivity index (χ0) is 8.81. The van der Waals surface area contributed by atoms with Gasteiger partial charge in [-0.25, -0.2) is 0 Å². The Morgan fingerprint density at radius 3 is 3.08 bits per heavy atom. The quantitative estimate of drug-likeness (QED) is 0.544. The van der Waals surface area contributed by atoms with Crippen LogP contribution in [0.2, 0.25) is 0 Å². The van der Waals surface area contributed by atoms with Crippen molar-refractivity contribution in [2.75, 3.05) is 19.5 Å². The van der Waals surface area contributed by atoms with Gasteiger partial charge in [0, 0.05) is 6.61 Å². The number of hydrogen-bond acceptors (Lipinski definition) is 4. The molecule has 1 aliphatic heterocycles. The van der Waals surface area contributed by atoms with Gasteiger partial charge in [0.2, 0.25) is 0 Å². The lowest BCUT2D eigenvalue weighted by molar-refractivity contribution is 0.0729. The smallest absolute Gasteiger partial charge is 0.190 e. The van der Waals surface area contributed by atoms with Crippen molar-refractivity contribution < 1.29 is 9.47 Å². The second-order valence-corrected chi connectivity index (χ2v) is 3.88. The van der Waals surface area contributed by atoms with Crippen LogP contribution < -0.4 is 0 Å². The first-order valence-corrected chi connectivity index (χ1v) is 5.22. The Morgan fingerprint density at radius 1 is 1.67 bits per heavy atom. The molecule has 12 heavy (non-hydrogen) atoms. The summed E-state index contributed by atoms with van der Waals surface area (Å²) in [5.41, 5.74) is 0.286. The highest BCUT2D eigenvalue weighted by molar-refractivity contribution is 8.00. The summed E-state index contributed by atoms with van der Waals surface area (Å²) in [7, 11) is 1.53. The minimum Gasteiger partial charge on any atom is -0.484 e. The maximum Gasteiger partial charge on any atom is 0.190 e. The predicted molar refractivity (Wildman–Crippen MR) is 50.8 cm³/mol. The van der Waals surface area contributed by atoms with Crippen molar-refractivity contribution in [3.05, 3.63) is 0 Å². The zero-order valence-electron chi connectivity index (χ0n) is 7.34. The third-order valence-electron chi connectivity index (χ3n) is 1.78. The van der Waals surface area contributed by atoms with Crippen LogP contribution in [0.15, 0.2) is 0 Å². The van der Waals surface area contributed by atoms with E-state index in [0.717, 1.165) is 13.0 Å². The van der Waals surface area contributed by atoms with E-state index in [1.54, 1.807) is 11.8 Å². The SMILES string of the molecule is COC(=N)CSC1CCCCO1. The molecular formula is C8H15NO2S. The molecule has 1 N–H and O–H groups in total. The molecule has 3 nitrogen and oxygen atoms in total. The number of ether oxygens (including phenoxy) is 2. The molecule has 1 atom stereocenters. The molecule has 1 saturated heterocycles. The summed E-state index contributed by atoms with van der Waals surface area (Å²) in [4.78, 5) is 0. The highest BCUT2D eigenvalue weighted by Gasteiger charge is 2.14. The minimum atomic E-state index is 0.286. The van der Waals surface area contributed by atoms with Crippen LogP contribution >= 0.6 is 11.8 Å². The van der Waals surface area contributed by atoms with Gasteiger partial charge in [-0.05, 0) is 19.3 Å². The fourth-order valence-corrected chi connectivity index (χ4v) is 2.05. The molecule has 0 aromatic rings. The third-order valence-corrected chi connectivity index (χ3v) is 2.96. The van der Waals surface area contributed by atoms with Crippen molar-refractivity contribution in [3.63, 3.8) is 0 Å². The Hall–Kier alpha value is -0.220. The number of thioether (sulfide) groups is 1. The summed E-state index contributed by atoms with van der Waals surface area (Å²) < 4.78 is 10.2. The van der Waals surface area contributed by atoms with Gasteiger partial charge < -0.3 is 9.47 Å². The topological polar surface area (TPSA) is 42.3 Å². The molecule has 0 amide bonds. The van der Waals surface area contributed by atoms with E-state index in [2.05, 4.69) is 0 Å². The van der Waals surface area contributed by atoms with Crippen molar-refractivity contribution in [2.24, 2.45) is 0 Å². The van der Waals surface area contributed by atoms with Crippen LogP contribution in [0.5, 0.6) is 0 Å². The molecular weight excluding hydrogens is 174 g/mol. The third kappa shape index (κ3) is 3.45. The van der Waals surface area contributed by atoms with Crippen molar-refractivity contribution in [3.8, 4) is 0 Å². The average molecular weight is 189 g/mol. The fraction of sp³-hybridized carbons (Fsp3) is 0.875.